The fourth-order valence-corrected chi connectivity index (χ4v) is 2.56. The van der Waals surface area contributed by atoms with Gasteiger partial charge in [0.25, 0.3) is 0 Å². The molecule has 4 nitrogen and oxygen atoms in total. The molecule has 2 rings (SSSR count). The molecule has 0 saturated carbocycles. The fraction of sp³-hybridized carbons (Fsp3) is 0.333. The molecule has 0 bridgehead atoms. The molecule has 0 aliphatic heterocycles. The van der Waals surface area contributed by atoms with Crippen LogP contribution in [0, 0.1) is 0 Å². The zero-order valence-corrected chi connectivity index (χ0v) is 13.5. The molecule has 2 N–H and O–H groups in total. The molecule has 0 aliphatic carbocycles. The van der Waals surface area contributed by atoms with Crippen LogP contribution in [0.2, 0.25) is 0 Å². The van der Waals surface area contributed by atoms with Crippen molar-refractivity contribution in [3.05, 3.63) is 46.2 Å². The van der Waals surface area contributed by atoms with E-state index in [1.54, 1.807) is 6.33 Å². The minimum absolute atomic E-state index is 0.351. The summed E-state index contributed by atoms with van der Waals surface area (Å²) in [4.78, 5) is 8.65. The number of nitrogens with zero attached hydrogens (tertiary/aromatic N) is 2. The van der Waals surface area contributed by atoms with Crippen LogP contribution in [0.1, 0.15) is 30.9 Å². The van der Waals surface area contributed by atoms with E-state index < -0.39 is 0 Å². The average Bonchev–Trinajstić information content (AvgIpc) is 2.44. The van der Waals surface area contributed by atoms with E-state index in [1.165, 1.54) is 5.56 Å². The van der Waals surface area contributed by atoms with Gasteiger partial charge in [-0.1, -0.05) is 41.9 Å². The van der Waals surface area contributed by atoms with Gasteiger partial charge in [0.15, 0.2) is 0 Å². The number of rotatable bonds is 5. The van der Waals surface area contributed by atoms with Gasteiger partial charge in [-0.15, -0.1) is 0 Å². The van der Waals surface area contributed by atoms with E-state index in [1.807, 2.05) is 19.2 Å². The zero-order valence-electron chi connectivity index (χ0n) is 11.9. The predicted octanol–water partition coefficient (Wildman–Crippen LogP) is 4.02. The van der Waals surface area contributed by atoms with Crippen LogP contribution in [-0.2, 0) is 6.54 Å². The molecule has 1 aromatic carbocycles. The Bertz CT molecular complexity index is 584. The maximum Gasteiger partial charge on any atom is 0.135 e. The Labute approximate surface area is 128 Å². The molecular weight excluding hydrogens is 316 g/mol. The van der Waals surface area contributed by atoms with Gasteiger partial charge in [-0.2, -0.15) is 0 Å². The Morgan fingerprint density at radius 3 is 2.60 bits per heavy atom. The second kappa shape index (κ2) is 6.70. The monoisotopic (exact) mass is 334 g/mol. The van der Waals surface area contributed by atoms with Gasteiger partial charge in [-0.25, -0.2) is 9.97 Å². The average molecular weight is 335 g/mol. The highest BCUT2D eigenvalue weighted by atomic mass is 79.9. The Balaban J connectivity index is 2.21. The van der Waals surface area contributed by atoms with Gasteiger partial charge < -0.3 is 10.6 Å². The topological polar surface area (TPSA) is 49.8 Å². The zero-order chi connectivity index (χ0) is 14.5. The normalized spacial score (nSPS) is 10.7. The van der Waals surface area contributed by atoms with E-state index in [4.69, 9.17) is 0 Å². The first-order valence-corrected chi connectivity index (χ1v) is 7.42. The van der Waals surface area contributed by atoms with Crippen molar-refractivity contribution in [1.29, 1.82) is 0 Å². The largest absolute Gasteiger partial charge is 0.373 e. The molecule has 20 heavy (non-hydrogen) atoms. The molecule has 0 unspecified atom stereocenters. The van der Waals surface area contributed by atoms with E-state index in [0.717, 1.165) is 28.2 Å². The number of halogens is 1. The van der Waals surface area contributed by atoms with Crippen molar-refractivity contribution in [3.8, 4) is 0 Å². The number of anilines is 2. The van der Waals surface area contributed by atoms with E-state index >= 15 is 0 Å². The molecule has 0 radical (unpaired) electrons. The van der Waals surface area contributed by atoms with E-state index in [-0.39, 0.29) is 0 Å². The number of hydrogen-bond donors (Lipinski definition) is 2. The van der Waals surface area contributed by atoms with Crippen molar-refractivity contribution < 1.29 is 0 Å². The van der Waals surface area contributed by atoms with Crippen molar-refractivity contribution in [2.24, 2.45) is 0 Å². The van der Waals surface area contributed by atoms with Gasteiger partial charge in [0, 0.05) is 23.6 Å². The van der Waals surface area contributed by atoms with Crippen LogP contribution in [-0.4, -0.2) is 17.0 Å². The van der Waals surface area contributed by atoms with E-state index in [9.17, 15) is 0 Å². The van der Waals surface area contributed by atoms with Gasteiger partial charge in [-0.05, 0) is 23.6 Å². The molecule has 0 aliphatic rings. The molecule has 0 saturated heterocycles. The molecule has 106 valence electrons. The van der Waals surface area contributed by atoms with E-state index in [2.05, 4.69) is 62.5 Å². The van der Waals surface area contributed by atoms with Gasteiger partial charge in [0.05, 0.1) is 0 Å². The number of nitrogens with one attached hydrogen (secondary N) is 2. The minimum Gasteiger partial charge on any atom is -0.373 e. The van der Waals surface area contributed by atoms with Gasteiger partial charge in [0.1, 0.15) is 18.0 Å². The van der Waals surface area contributed by atoms with Crippen molar-refractivity contribution >= 4 is 27.6 Å². The van der Waals surface area contributed by atoms with Crippen LogP contribution in [0.3, 0.4) is 0 Å². The van der Waals surface area contributed by atoms with Crippen molar-refractivity contribution in [3.63, 3.8) is 0 Å². The van der Waals surface area contributed by atoms with Crippen molar-refractivity contribution in [1.82, 2.24) is 9.97 Å². The summed E-state index contributed by atoms with van der Waals surface area (Å²) in [7, 11) is 1.88. The van der Waals surface area contributed by atoms with Crippen LogP contribution < -0.4 is 10.6 Å². The summed E-state index contributed by atoms with van der Waals surface area (Å²) in [5.74, 6) is 2.12. The first-order valence-electron chi connectivity index (χ1n) is 6.62. The molecule has 0 spiro atoms. The molecule has 0 atom stereocenters. The highest BCUT2D eigenvalue weighted by Gasteiger charge is 2.13. The van der Waals surface area contributed by atoms with Crippen LogP contribution in [0.4, 0.5) is 11.6 Å². The lowest BCUT2D eigenvalue weighted by Gasteiger charge is -2.16. The molecule has 1 aromatic heterocycles. The lowest BCUT2D eigenvalue weighted by Crippen LogP contribution is -2.09. The Morgan fingerprint density at radius 1 is 1.20 bits per heavy atom. The predicted molar refractivity (Wildman–Crippen MR) is 87.1 cm³/mol. The van der Waals surface area contributed by atoms with Gasteiger partial charge in [-0.3, -0.25) is 0 Å². The number of aromatic nitrogens is 2. The third-order valence-electron chi connectivity index (χ3n) is 3.05. The van der Waals surface area contributed by atoms with Crippen LogP contribution >= 0.6 is 15.9 Å². The quantitative estimate of drug-likeness (QED) is 0.867. The van der Waals surface area contributed by atoms with Crippen LogP contribution in [0.15, 0.2) is 35.1 Å². The standard InChI is InChI=1S/C15H19BrN4/c1-10(2)13-14(17-3)19-9-20-15(13)18-8-11-5-4-6-12(16)7-11/h4-7,9-10H,8H2,1-3H3,(H2,17,18,19,20). The molecule has 5 heteroatoms. The maximum atomic E-state index is 4.37. The molecular formula is C15H19BrN4. The van der Waals surface area contributed by atoms with Crippen LogP contribution in [0.25, 0.3) is 0 Å². The highest BCUT2D eigenvalue weighted by Crippen LogP contribution is 2.28. The highest BCUT2D eigenvalue weighted by molar-refractivity contribution is 9.10. The first kappa shape index (κ1) is 14.8. The summed E-state index contributed by atoms with van der Waals surface area (Å²) in [6.45, 7) is 5.02. The smallest absolute Gasteiger partial charge is 0.135 e. The molecule has 0 fully saturated rings. The molecule has 1 heterocycles. The third kappa shape index (κ3) is 3.48. The third-order valence-corrected chi connectivity index (χ3v) is 3.54. The van der Waals surface area contributed by atoms with Crippen LogP contribution in [0.5, 0.6) is 0 Å². The Kier molecular flexibility index (Phi) is 4.95. The fourth-order valence-electron chi connectivity index (χ4n) is 2.12. The molecule has 0 amide bonds. The summed E-state index contributed by atoms with van der Waals surface area (Å²) in [5, 5.41) is 6.53. The summed E-state index contributed by atoms with van der Waals surface area (Å²) in [6.07, 6.45) is 1.58. The maximum absolute atomic E-state index is 4.37. The Hall–Kier alpha value is -1.62. The summed E-state index contributed by atoms with van der Waals surface area (Å²) >= 11 is 3.49. The number of hydrogen-bond acceptors (Lipinski definition) is 4. The minimum atomic E-state index is 0.351. The van der Waals surface area contributed by atoms with Crippen molar-refractivity contribution in [2.75, 3.05) is 17.7 Å². The summed E-state index contributed by atoms with van der Waals surface area (Å²) < 4.78 is 1.08. The SMILES string of the molecule is CNc1ncnc(NCc2cccc(Br)c2)c1C(C)C. The van der Waals surface area contributed by atoms with E-state index in [0.29, 0.717) is 5.92 Å². The lowest BCUT2D eigenvalue weighted by molar-refractivity contribution is 0.846. The molecule has 2 aromatic rings. The summed E-state index contributed by atoms with van der Waals surface area (Å²) in [6, 6.07) is 8.24. The second-order valence-electron chi connectivity index (χ2n) is 4.87. The van der Waals surface area contributed by atoms with Crippen molar-refractivity contribution in [2.45, 2.75) is 26.3 Å². The lowest BCUT2D eigenvalue weighted by atomic mass is 10.0. The second-order valence-corrected chi connectivity index (χ2v) is 5.79. The van der Waals surface area contributed by atoms with Gasteiger partial charge >= 0.3 is 0 Å². The van der Waals surface area contributed by atoms with Gasteiger partial charge in [0.2, 0.25) is 0 Å². The first-order chi connectivity index (χ1) is 9.61. The summed E-state index contributed by atoms with van der Waals surface area (Å²) in [5.41, 5.74) is 2.32. The number of benzene rings is 1. The Morgan fingerprint density at radius 2 is 1.95 bits per heavy atom.